The minimum atomic E-state index is -1.48. The molecule has 6 heteroatoms. The molecule has 2 atom stereocenters. The van der Waals surface area contributed by atoms with E-state index < -0.39 is 34.6 Å². The second-order valence-corrected chi connectivity index (χ2v) is 16.9. The highest BCUT2D eigenvalue weighted by Gasteiger charge is 2.56. The molecule has 1 aliphatic rings. The Kier molecular flexibility index (Phi) is 13.9. The van der Waals surface area contributed by atoms with Gasteiger partial charge in [0.15, 0.2) is 0 Å². The van der Waals surface area contributed by atoms with Crippen LogP contribution in [0.15, 0.2) is 121 Å². The van der Waals surface area contributed by atoms with E-state index in [1.54, 1.807) is 0 Å². The second kappa shape index (κ2) is 18.4. The quantitative estimate of drug-likeness (QED) is 0.0894. The number of benzene rings is 4. The third kappa shape index (κ3) is 10.1. The maximum Gasteiger partial charge on any atom is 0.238 e. The van der Waals surface area contributed by atoms with Crippen molar-refractivity contribution >= 4 is 11.8 Å². The minimum absolute atomic E-state index is 0.0651. The third-order valence-electron chi connectivity index (χ3n) is 11.5. The summed E-state index contributed by atoms with van der Waals surface area (Å²) in [6, 6.07) is 38.3. The normalized spacial score (nSPS) is 15.9. The fourth-order valence-electron chi connectivity index (χ4n) is 8.94. The first kappa shape index (κ1) is 40.9. The van der Waals surface area contributed by atoms with E-state index in [2.05, 4.69) is 27.7 Å². The summed E-state index contributed by atoms with van der Waals surface area (Å²) in [7, 11) is 0. The average molecular weight is 731 g/mol. The molecule has 1 aliphatic carbocycles. The van der Waals surface area contributed by atoms with E-state index >= 15 is 4.79 Å². The molecule has 54 heavy (non-hydrogen) atoms. The molecule has 0 saturated heterocycles. The number of nitrogens with two attached hydrogens (primary N) is 1. The molecule has 1 fully saturated rings. The number of nitrogens with zero attached hydrogens (tertiary/aromatic N) is 1. The summed E-state index contributed by atoms with van der Waals surface area (Å²) in [6.07, 6.45) is 5.07. The van der Waals surface area contributed by atoms with Gasteiger partial charge in [-0.1, -0.05) is 168 Å². The summed E-state index contributed by atoms with van der Waals surface area (Å²) in [5.41, 5.74) is 5.73. The van der Waals surface area contributed by atoms with Gasteiger partial charge in [0.05, 0.1) is 23.3 Å². The van der Waals surface area contributed by atoms with Crippen LogP contribution >= 0.6 is 0 Å². The zero-order valence-corrected chi connectivity index (χ0v) is 32.9. The first-order valence-corrected chi connectivity index (χ1v) is 20.1. The van der Waals surface area contributed by atoms with Crippen LogP contribution in [0.2, 0.25) is 0 Å². The van der Waals surface area contributed by atoms with Crippen LogP contribution in [0.1, 0.15) is 94.9 Å². The topological polar surface area (TPSA) is 104 Å². The van der Waals surface area contributed by atoms with Crippen LogP contribution in [0.25, 0.3) is 0 Å². The predicted molar refractivity (Wildman–Crippen MR) is 219 cm³/mol. The lowest BCUT2D eigenvalue weighted by molar-refractivity contribution is -0.175. The van der Waals surface area contributed by atoms with Crippen LogP contribution in [-0.2, 0) is 35.3 Å². The van der Waals surface area contributed by atoms with Gasteiger partial charge in [-0.05, 0) is 59.8 Å². The Balaban J connectivity index is 1.81. The van der Waals surface area contributed by atoms with Crippen LogP contribution in [0.4, 0.5) is 0 Å². The number of carbonyl (C=O) groups excluding carboxylic acids is 2. The first-order valence-electron chi connectivity index (χ1n) is 20.1. The maximum atomic E-state index is 16.0. The predicted octanol–water partition coefficient (Wildman–Crippen LogP) is 8.51. The molecular formula is C48H62N2O4. The summed E-state index contributed by atoms with van der Waals surface area (Å²) in [5, 5.41) is 27.2. The molecule has 6 nitrogen and oxygen atoms in total. The van der Waals surface area contributed by atoms with Crippen LogP contribution in [-0.4, -0.2) is 50.2 Å². The summed E-state index contributed by atoms with van der Waals surface area (Å²) in [6.45, 7) is 8.46. The number of rotatable bonds is 18. The van der Waals surface area contributed by atoms with Gasteiger partial charge in [0.2, 0.25) is 11.8 Å². The molecule has 0 aromatic heterocycles. The van der Waals surface area contributed by atoms with Crippen molar-refractivity contribution in [2.24, 2.45) is 23.0 Å². The van der Waals surface area contributed by atoms with Crippen molar-refractivity contribution in [3.8, 4) is 0 Å². The number of hydrogen-bond acceptors (Lipinski definition) is 4. The Morgan fingerprint density at radius 3 is 1.13 bits per heavy atom. The van der Waals surface area contributed by atoms with Crippen LogP contribution in [0.3, 0.4) is 0 Å². The highest BCUT2D eigenvalue weighted by Crippen LogP contribution is 2.44. The third-order valence-corrected chi connectivity index (χ3v) is 11.5. The molecule has 2 amide bonds. The maximum absolute atomic E-state index is 16.0. The molecule has 5 rings (SSSR count). The van der Waals surface area contributed by atoms with Crippen molar-refractivity contribution in [1.29, 1.82) is 0 Å². The Bertz CT molecular complexity index is 1550. The first-order chi connectivity index (χ1) is 25.8. The van der Waals surface area contributed by atoms with E-state index in [1.165, 1.54) is 0 Å². The lowest BCUT2D eigenvalue weighted by Crippen LogP contribution is -2.69. The average Bonchev–Trinajstić information content (AvgIpc) is 3.15. The number of aliphatic hydroxyl groups is 2. The summed E-state index contributed by atoms with van der Waals surface area (Å²) in [5.74, 6) is -0.844. The molecule has 2 unspecified atom stereocenters. The van der Waals surface area contributed by atoms with Gasteiger partial charge in [-0.2, -0.15) is 0 Å². The molecule has 0 radical (unpaired) electrons. The standard InChI is InChI=1S/C48H62N2O4/c1-36(2)30-42(47(53,32-38-20-10-5-11-21-38)33-39-22-12-6-13-23-39)50(45(52)46(44(49)51)28-18-9-19-29-46)43(31-37(3)4)48(54,34-40-24-14-7-15-25-40)35-41-26-16-8-17-27-41/h5-8,10-17,20-27,36-37,42-43,53-54H,9,18-19,28-35H2,1-4H3,(H2,49,51). The molecular weight excluding hydrogens is 669 g/mol. The monoisotopic (exact) mass is 730 g/mol. The zero-order valence-electron chi connectivity index (χ0n) is 32.9. The van der Waals surface area contributed by atoms with Gasteiger partial charge in [0.25, 0.3) is 0 Å². The van der Waals surface area contributed by atoms with Crippen LogP contribution in [0, 0.1) is 17.3 Å². The molecule has 0 aliphatic heterocycles. The van der Waals surface area contributed by atoms with Crippen LogP contribution < -0.4 is 5.73 Å². The number of carbonyl (C=O) groups is 2. The molecule has 0 heterocycles. The lowest BCUT2D eigenvalue weighted by atomic mass is 9.68. The molecule has 0 spiro atoms. The minimum Gasteiger partial charge on any atom is -0.387 e. The molecule has 4 N–H and O–H groups in total. The fourth-order valence-corrected chi connectivity index (χ4v) is 8.94. The van der Waals surface area contributed by atoms with E-state index in [1.807, 2.05) is 126 Å². The van der Waals surface area contributed by atoms with Gasteiger partial charge in [-0.25, -0.2) is 0 Å². The highest BCUT2D eigenvalue weighted by atomic mass is 16.3. The second-order valence-electron chi connectivity index (χ2n) is 16.9. The molecule has 4 aromatic carbocycles. The molecule has 1 saturated carbocycles. The number of amides is 2. The summed E-state index contributed by atoms with van der Waals surface area (Å²) < 4.78 is 0. The van der Waals surface area contributed by atoms with E-state index in [0.717, 1.165) is 28.7 Å². The fraction of sp³-hybridized carbons (Fsp3) is 0.458. The number of hydrogen-bond donors (Lipinski definition) is 3. The Labute approximate surface area is 323 Å². The van der Waals surface area contributed by atoms with Crippen molar-refractivity contribution in [3.63, 3.8) is 0 Å². The largest absolute Gasteiger partial charge is 0.387 e. The van der Waals surface area contributed by atoms with Crippen LogP contribution in [0.5, 0.6) is 0 Å². The molecule has 288 valence electrons. The van der Waals surface area contributed by atoms with Gasteiger partial charge in [-0.3, -0.25) is 9.59 Å². The Morgan fingerprint density at radius 1 is 0.574 bits per heavy atom. The van der Waals surface area contributed by atoms with Gasteiger partial charge >= 0.3 is 0 Å². The van der Waals surface area contributed by atoms with Gasteiger partial charge in [0.1, 0.15) is 5.41 Å². The molecule has 0 bridgehead atoms. The summed E-state index contributed by atoms with van der Waals surface area (Å²) >= 11 is 0. The SMILES string of the molecule is CC(C)CC(N(C(=O)C1(C(N)=O)CCCCC1)C(CC(C)C)C(O)(Cc1ccccc1)Cc1ccccc1)C(O)(Cc1ccccc1)Cc1ccccc1. The van der Waals surface area contributed by atoms with Crippen molar-refractivity contribution in [3.05, 3.63) is 144 Å². The van der Waals surface area contributed by atoms with Crippen molar-refractivity contribution in [2.45, 2.75) is 122 Å². The highest BCUT2D eigenvalue weighted by molar-refractivity contribution is 6.04. The van der Waals surface area contributed by atoms with E-state index in [9.17, 15) is 15.0 Å². The van der Waals surface area contributed by atoms with Crippen molar-refractivity contribution < 1.29 is 19.8 Å². The zero-order chi connectivity index (χ0) is 38.8. The van der Waals surface area contributed by atoms with Crippen molar-refractivity contribution in [1.82, 2.24) is 4.90 Å². The smallest absolute Gasteiger partial charge is 0.238 e. The van der Waals surface area contributed by atoms with E-state index in [-0.39, 0.29) is 43.4 Å². The van der Waals surface area contributed by atoms with Gasteiger partial charge in [0, 0.05) is 25.7 Å². The van der Waals surface area contributed by atoms with Gasteiger partial charge < -0.3 is 20.8 Å². The lowest BCUT2D eigenvalue weighted by Gasteiger charge is -2.54. The van der Waals surface area contributed by atoms with Crippen molar-refractivity contribution in [2.75, 3.05) is 0 Å². The molecule has 4 aromatic rings. The Hall–Kier alpha value is -4.26. The van der Waals surface area contributed by atoms with E-state index in [0.29, 0.717) is 38.5 Å². The van der Waals surface area contributed by atoms with Gasteiger partial charge in [-0.15, -0.1) is 0 Å². The number of primary amides is 1. The Morgan fingerprint density at radius 2 is 0.870 bits per heavy atom. The summed E-state index contributed by atoms with van der Waals surface area (Å²) in [4.78, 5) is 31.7. The van der Waals surface area contributed by atoms with E-state index in [4.69, 9.17) is 5.73 Å².